The van der Waals surface area contributed by atoms with E-state index >= 15 is 0 Å². The molecular weight excluding hydrogens is 150 g/mol. The van der Waals surface area contributed by atoms with Crippen molar-refractivity contribution in [3.05, 3.63) is 0 Å². The number of thiocarbonyl (C=S) groups is 1. The Labute approximate surface area is 64.9 Å². The van der Waals surface area contributed by atoms with Crippen LogP contribution >= 0.6 is 12.2 Å². The lowest BCUT2D eigenvalue weighted by Crippen LogP contribution is -2.38. The highest BCUT2D eigenvalue weighted by molar-refractivity contribution is 7.80. The molecule has 0 bridgehead atoms. The van der Waals surface area contributed by atoms with Crippen LogP contribution < -0.4 is 16.8 Å². The zero-order valence-corrected chi connectivity index (χ0v) is 6.57. The predicted octanol–water partition coefficient (Wildman–Crippen LogP) is -0.281. The van der Waals surface area contributed by atoms with Gasteiger partial charge in [-0.2, -0.15) is 0 Å². The van der Waals surface area contributed by atoms with Gasteiger partial charge in [-0.3, -0.25) is 0 Å². The van der Waals surface area contributed by atoms with Gasteiger partial charge in [-0.25, -0.2) is 4.79 Å². The zero-order chi connectivity index (χ0) is 8.15. The van der Waals surface area contributed by atoms with E-state index in [0.29, 0.717) is 11.4 Å². The number of carbonyl (C=O) groups excluding carboxylic acids is 1. The molecule has 10 heavy (non-hydrogen) atoms. The van der Waals surface area contributed by atoms with Gasteiger partial charge in [-0.15, -0.1) is 0 Å². The molecule has 0 aromatic carbocycles. The van der Waals surface area contributed by atoms with E-state index in [0.717, 1.165) is 0 Å². The fraction of sp³-hybridized carbons (Fsp3) is 0.600. The Kier molecular flexibility index (Phi) is 3.71. The van der Waals surface area contributed by atoms with E-state index in [2.05, 4.69) is 17.5 Å². The third kappa shape index (κ3) is 5.30. The molecule has 58 valence electrons. The number of hydrogen-bond donors (Lipinski definition) is 3. The van der Waals surface area contributed by atoms with Crippen LogP contribution in [0.1, 0.15) is 13.3 Å². The molecule has 0 fully saturated rings. The number of urea groups is 1. The summed E-state index contributed by atoms with van der Waals surface area (Å²) >= 11 is 4.61. The fourth-order valence-corrected chi connectivity index (χ4v) is 0.846. The predicted molar refractivity (Wildman–Crippen MR) is 43.6 cm³/mol. The van der Waals surface area contributed by atoms with Crippen LogP contribution in [0.2, 0.25) is 0 Å². The smallest absolute Gasteiger partial charge is 0.312 e. The van der Waals surface area contributed by atoms with Gasteiger partial charge < -0.3 is 16.8 Å². The molecular formula is C5H11N3OS. The first kappa shape index (κ1) is 9.16. The third-order valence-electron chi connectivity index (χ3n) is 0.896. The Morgan fingerprint density at radius 1 is 1.70 bits per heavy atom. The molecule has 0 aromatic heterocycles. The molecule has 5 N–H and O–H groups in total. The summed E-state index contributed by atoms with van der Waals surface area (Å²) in [6.07, 6.45) is 0.484. The maximum atomic E-state index is 10.2. The lowest BCUT2D eigenvalue weighted by atomic mass is 10.2. The van der Waals surface area contributed by atoms with Gasteiger partial charge in [-0.1, -0.05) is 12.2 Å². The normalized spacial score (nSPS) is 12.1. The van der Waals surface area contributed by atoms with Crippen molar-refractivity contribution < 1.29 is 4.79 Å². The molecule has 0 heterocycles. The van der Waals surface area contributed by atoms with Gasteiger partial charge in [0.1, 0.15) is 0 Å². The number of hydrogen-bond acceptors (Lipinski definition) is 2. The van der Waals surface area contributed by atoms with Crippen molar-refractivity contribution in [1.82, 2.24) is 5.32 Å². The number of rotatable bonds is 3. The molecule has 0 aliphatic heterocycles. The van der Waals surface area contributed by atoms with E-state index in [-0.39, 0.29) is 6.04 Å². The minimum atomic E-state index is -0.552. The zero-order valence-electron chi connectivity index (χ0n) is 5.76. The SMILES string of the molecule is CC(CC(N)=S)NC(N)=O. The topological polar surface area (TPSA) is 81.1 Å². The highest BCUT2D eigenvalue weighted by atomic mass is 32.1. The van der Waals surface area contributed by atoms with Crippen LogP contribution in [0.5, 0.6) is 0 Å². The van der Waals surface area contributed by atoms with Crippen LogP contribution in [0, 0.1) is 0 Å². The van der Waals surface area contributed by atoms with Gasteiger partial charge in [0.15, 0.2) is 0 Å². The van der Waals surface area contributed by atoms with Crippen molar-refractivity contribution in [2.45, 2.75) is 19.4 Å². The molecule has 1 unspecified atom stereocenters. The molecule has 4 nitrogen and oxygen atoms in total. The first-order valence-corrected chi connectivity index (χ1v) is 3.27. The van der Waals surface area contributed by atoms with Crippen LogP contribution in [-0.2, 0) is 0 Å². The Bertz CT molecular complexity index is 132. The Balaban J connectivity index is 3.53. The average Bonchev–Trinajstić information content (AvgIpc) is 1.58. The lowest BCUT2D eigenvalue weighted by Gasteiger charge is -2.09. The summed E-state index contributed by atoms with van der Waals surface area (Å²) in [7, 11) is 0. The monoisotopic (exact) mass is 161 g/mol. The van der Waals surface area contributed by atoms with E-state index in [1.54, 1.807) is 6.92 Å². The summed E-state index contributed by atoms with van der Waals surface area (Å²) in [6, 6.07) is -0.626. The molecule has 0 aromatic rings. The number of nitrogens with two attached hydrogens (primary N) is 2. The van der Waals surface area contributed by atoms with Crippen molar-refractivity contribution in [1.29, 1.82) is 0 Å². The van der Waals surface area contributed by atoms with Crippen molar-refractivity contribution >= 4 is 23.2 Å². The maximum absolute atomic E-state index is 10.2. The summed E-state index contributed by atoms with van der Waals surface area (Å²) < 4.78 is 0. The second kappa shape index (κ2) is 4.05. The first-order chi connectivity index (χ1) is 4.52. The highest BCUT2D eigenvalue weighted by Gasteiger charge is 2.03. The van der Waals surface area contributed by atoms with Gasteiger partial charge in [0.2, 0.25) is 0 Å². The van der Waals surface area contributed by atoms with Gasteiger partial charge in [0, 0.05) is 12.5 Å². The summed E-state index contributed by atoms with van der Waals surface area (Å²) in [5.74, 6) is 0. The van der Waals surface area contributed by atoms with E-state index in [1.165, 1.54) is 0 Å². The fourth-order valence-electron chi connectivity index (χ4n) is 0.596. The van der Waals surface area contributed by atoms with Gasteiger partial charge in [0.25, 0.3) is 0 Å². The number of carbonyl (C=O) groups is 1. The molecule has 0 saturated heterocycles. The van der Waals surface area contributed by atoms with Crippen LogP contribution in [0.15, 0.2) is 0 Å². The van der Waals surface area contributed by atoms with Crippen LogP contribution in [0.25, 0.3) is 0 Å². The van der Waals surface area contributed by atoms with Gasteiger partial charge >= 0.3 is 6.03 Å². The van der Waals surface area contributed by atoms with Crippen molar-refractivity contribution in [2.75, 3.05) is 0 Å². The summed E-state index contributed by atoms with van der Waals surface area (Å²) in [4.78, 5) is 10.6. The number of nitrogens with one attached hydrogen (secondary N) is 1. The molecule has 0 saturated carbocycles. The summed E-state index contributed by atoms with van der Waals surface area (Å²) in [5.41, 5.74) is 10.0. The second-order valence-electron chi connectivity index (χ2n) is 2.08. The molecule has 0 rings (SSSR count). The first-order valence-electron chi connectivity index (χ1n) is 2.86. The van der Waals surface area contributed by atoms with Crippen molar-refractivity contribution in [2.24, 2.45) is 11.5 Å². The van der Waals surface area contributed by atoms with E-state index in [1.807, 2.05) is 0 Å². The Morgan fingerprint density at radius 3 is 2.50 bits per heavy atom. The Hall–Kier alpha value is -0.840. The average molecular weight is 161 g/mol. The van der Waals surface area contributed by atoms with Crippen LogP contribution in [0.3, 0.4) is 0 Å². The molecule has 0 aliphatic carbocycles. The lowest BCUT2D eigenvalue weighted by molar-refractivity contribution is 0.246. The van der Waals surface area contributed by atoms with Crippen molar-refractivity contribution in [3.8, 4) is 0 Å². The quantitative estimate of drug-likeness (QED) is 0.498. The maximum Gasteiger partial charge on any atom is 0.312 e. The summed E-state index contributed by atoms with van der Waals surface area (Å²) in [5, 5.41) is 2.45. The number of amides is 2. The third-order valence-corrected chi connectivity index (χ3v) is 1.06. The van der Waals surface area contributed by atoms with Crippen LogP contribution in [-0.4, -0.2) is 17.1 Å². The van der Waals surface area contributed by atoms with E-state index in [9.17, 15) is 4.79 Å². The molecule has 2 amide bonds. The molecule has 0 aliphatic rings. The number of primary amides is 1. The Morgan fingerprint density at radius 2 is 2.20 bits per heavy atom. The van der Waals surface area contributed by atoms with Crippen molar-refractivity contribution in [3.63, 3.8) is 0 Å². The minimum absolute atomic E-state index is 0.0741. The highest BCUT2D eigenvalue weighted by Crippen LogP contribution is 1.88. The largest absolute Gasteiger partial charge is 0.393 e. The van der Waals surface area contributed by atoms with Gasteiger partial charge in [0.05, 0.1) is 4.99 Å². The van der Waals surface area contributed by atoms with Gasteiger partial charge in [-0.05, 0) is 6.92 Å². The second-order valence-corrected chi connectivity index (χ2v) is 2.60. The van der Waals surface area contributed by atoms with Crippen LogP contribution in [0.4, 0.5) is 4.79 Å². The van der Waals surface area contributed by atoms with E-state index < -0.39 is 6.03 Å². The standard InChI is InChI=1S/C5H11N3OS/c1-3(2-4(6)10)8-5(7)9/h3H,2H2,1H3,(H2,6,10)(H3,7,8,9). The molecule has 1 atom stereocenters. The molecule has 0 radical (unpaired) electrons. The molecule has 5 heteroatoms. The summed E-state index contributed by atoms with van der Waals surface area (Å²) in [6.45, 7) is 1.78. The molecule has 0 spiro atoms. The van der Waals surface area contributed by atoms with E-state index in [4.69, 9.17) is 11.5 Å². The minimum Gasteiger partial charge on any atom is -0.393 e.